The molecule has 1 aromatic heterocycles. The number of rotatable bonds is 21. The molecular weight excluding hydrogens is 873 g/mol. The van der Waals surface area contributed by atoms with Crippen LogP contribution in [0.15, 0.2) is 24.3 Å². The van der Waals surface area contributed by atoms with E-state index in [2.05, 4.69) is 46.6 Å². The second kappa shape index (κ2) is 24.3. The Morgan fingerprint density at radius 1 is 0.838 bits per heavy atom. The van der Waals surface area contributed by atoms with E-state index < -0.39 is 17.0 Å². The first kappa shape index (κ1) is 52.7. The fraction of sp³-hybridized carbons (Fsp3) is 0.740. The van der Waals surface area contributed by atoms with Gasteiger partial charge in [-0.2, -0.15) is 0 Å². The number of hydrogen-bond acceptors (Lipinski definition) is 13. The number of benzene rings is 1. The van der Waals surface area contributed by atoms with Gasteiger partial charge in [0.1, 0.15) is 5.54 Å². The van der Waals surface area contributed by atoms with E-state index in [1.54, 1.807) is 9.80 Å². The fourth-order valence-electron chi connectivity index (χ4n) is 9.74. The number of aryl methyl sites for hydroxylation is 1. The number of hydrogen-bond donors (Lipinski definition) is 2. The van der Waals surface area contributed by atoms with E-state index in [1.807, 2.05) is 49.7 Å². The number of ether oxygens (including phenoxy) is 5. The first-order valence-corrected chi connectivity index (χ1v) is 24.9. The molecule has 18 heteroatoms. The predicted octanol–water partition coefficient (Wildman–Crippen LogP) is 4.03. The summed E-state index contributed by atoms with van der Waals surface area (Å²) in [6.45, 7) is 19.7. The number of piperidine rings is 1. The van der Waals surface area contributed by atoms with E-state index in [9.17, 15) is 24.0 Å². The van der Waals surface area contributed by atoms with Crippen LogP contribution in [0.25, 0.3) is 0 Å². The number of aromatic nitrogens is 3. The van der Waals surface area contributed by atoms with E-state index in [0.29, 0.717) is 96.2 Å². The third kappa shape index (κ3) is 14.2. The van der Waals surface area contributed by atoms with Gasteiger partial charge in [0.25, 0.3) is 5.91 Å². The lowest BCUT2D eigenvalue weighted by molar-refractivity contribution is -0.141. The Labute approximate surface area is 402 Å². The topological polar surface area (TPSA) is 196 Å². The Kier molecular flexibility index (Phi) is 18.8. The standard InChI is InChI=1S/C50H78N8O10/c1-48(2,3)37-12-10-36(11-13-37)44(60)57(22-8-9-43(59)64-7)50(46(62)51-20-25-55-26-30-66-31-27-55)18-23-56(24-19-50)47(63)68-35-40-38-14-16-41-42(17-15-39(38)40)58(54-53-41)28-32-67-34-33-65-29-21-52-45(61)49(4,5)6/h10-13,38-40H,8-9,14-35H2,1-7H3,(H,51,62)(H,52,61). The lowest BCUT2D eigenvalue weighted by atomic mass is 9.83. The van der Waals surface area contributed by atoms with Crippen LogP contribution in [0, 0.1) is 23.2 Å². The smallest absolute Gasteiger partial charge is 0.409 e. The highest BCUT2D eigenvalue weighted by molar-refractivity contribution is 5.99. The number of carbonyl (C=O) groups is 5. The highest BCUT2D eigenvalue weighted by atomic mass is 16.6. The minimum atomic E-state index is -1.27. The van der Waals surface area contributed by atoms with Crippen LogP contribution in [0.2, 0.25) is 0 Å². The Bertz CT molecular complexity index is 1980. The molecule has 0 radical (unpaired) electrons. The predicted molar refractivity (Wildman–Crippen MR) is 254 cm³/mol. The van der Waals surface area contributed by atoms with Crippen LogP contribution in [0.4, 0.5) is 4.79 Å². The average molecular weight is 951 g/mol. The minimum Gasteiger partial charge on any atom is -0.469 e. The number of carbonyl (C=O) groups excluding carboxylic acids is 5. The molecule has 4 amide bonds. The van der Waals surface area contributed by atoms with Crippen molar-refractivity contribution in [2.24, 2.45) is 23.2 Å². The van der Waals surface area contributed by atoms with Gasteiger partial charge < -0.3 is 44.1 Å². The van der Waals surface area contributed by atoms with Gasteiger partial charge in [-0.3, -0.25) is 24.1 Å². The SMILES string of the molecule is COC(=O)CCCN(C(=O)c1ccc(C(C)(C)C)cc1)C1(C(=O)NCCN2CCOCC2)CCN(C(=O)OCC2C3CCc4nnn(CCOCCOCCNC(=O)C(C)(C)C)c4CCC32)CC1. The molecule has 3 fully saturated rings. The van der Waals surface area contributed by atoms with Crippen LogP contribution in [0.3, 0.4) is 0 Å². The van der Waals surface area contributed by atoms with Crippen molar-refractivity contribution in [3.63, 3.8) is 0 Å². The molecule has 6 rings (SSSR count). The molecule has 3 heterocycles. The first-order valence-electron chi connectivity index (χ1n) is 24.9. The third-order valence-corrected chi connectivity index (χ3v) is 14.1. The molecule has 2 aliphatic heterocycles. The number of morpholine rings is 1. The number of esters is 1. The summed E-state index contributed by atoms with van der Waals surface area (Å²) in [7, 11) is 1.34. The zero-order valence-corrected chi connectivity index (χ0v) is 41.8. The Hall–Kier alpha value is -4.65. The summed E-state index contributed by atoms with van der Waals surface area (Å²) in [5.41, 5.74) is 1.88. The Balaban J connectivity index is 1.02. The van der Waals surface area contributed by atoms with E-state index in [0.717, 1.165) is 55.7 Å². The van der Waals surface area contributed by atoms with Crippen molar-refractivity contribution in [1.82, 2.24) is 40.3 Å². The van der Waals surface area contributed by atoms with Gasteiger partial charge in [-0.15, -0.1) is 5.10 Å². The molecule has 68 heavy (non-hydrogen) atoms. The molecule has 2 aliphatic carbocycles. The molecule has 18 nitrogen and oxygen atoms in total. The normalized spacial score (nSPS) is 20.5. The zero-order chi connectivity index (χ0) is 48.9. The van der Waals surface area contributed by atoms with E-state index in [1.165, 1.54) is 7.11 Å². The quantitative estimate of drug-likeness (QED) is 0.135. The summed E-state index contributed by atoms with van der Waals surface area (Å²) < 4.78 is 29.8. The molecule has 3 atom stereocenters. The fourth-order valence-corrected chi connectivity index (χ4v) is 9.74. The molecule has 0 spiro atoms. The summed E-state index contributed by atoms with van der Waals surface area (Å²) in [5, 5.41) is 15.0. The van der Waals surface area contributed by atoms with E-state index in [4.69, 9.17) is 23.7 Å². The molecule has 1 aromatic carbocycles. The first-order chi connectivity index (χ1) is 32.5. The Morgan fingerprint density at radius 3 is 2.18 bits per heavy atom. The van der Waals surface area contributed by atoms with Crippen molar-refractivity contribution in [1.29, 1.82) is 0 Å². The number of likely N-dealkylation sites (tertiary alicyclic amines) is 1. The monoisotopic (exact) mass is 951 g/mol. The minimum absolute atomic E-state index is 0.00256. The molecule has 378 valence electrons. The Morgan fingerprint density at radius 2 is 1.51 bits per heavy atom. The van der Waals surface area contributed by atoms with Gasteiger partial charge >= 0.3 is 12.1 Å². The van der Waals surface area contributed by atoms with Gasteiger partial charge in [0, 0.05) is 69.8 Å². The number of amides is 4. The molecule has 1 saturated carbocycles. The van der Waals surface area contributed by atoms with Crippen LogP contribution in [-0.4, -0.2) is 171 Å². The average Bonchev–Trinajstić information content (AvgIpc) is 3.83. The van der Waals surface area contributed by atoms with Crippen LogP contribution in [0.1, 0.15) is 107 Å². The number of fused-ring (bicyclic) bond motifs is 2. The molecule has 4 aliphatic rings. The summed E-state index contributed by atoms with van der Waals surface area (Å²) in [4.78, 5) is 72.8. The summed E-state index contributed by atoms with van der Waals surface area (Å²) in [5.74, 6) is 0.202. The molecule has 2 aromatic rings. The lowest BCUT2D eigenvalue weighted by Gasteiger charge is -2.47. The molecular formula is C50H78N8O10. The number of methoxy groups -OCH3 is 1. The zero-order valence-electron chi connectivity index (χ0n) is 41.8. The van der Waals surface area contributed by atoms with Crippen LogP contribution < -0.4 is 10.6 Å². The van der Waals surface area contributed by atoms with Gasteiger partial charge in [0.2, 0.25) is 11.8 Å². The highest BCUT2D eigenvalue weighted by Gasteiger charge is 2.52. The van der Waals surface area contributed by atoms with Crippen molar-refractivity contribution in [3.8, 4) is 0 Å². The third-order valence-electron chi connectivity index (χ3n) is 14.1. The van der Waals surface area contributed by atoms with Gasteiger partial charge in [-0.25, -0.2) is 9.48 Å². The second-order valence-electron chi connectivity index (χ2n) is 20.8. The van der Waals surface area contributed by atoms with Crippen LogP contribution in [0.5, 0.6) is 0 Å². The molecule has 0 bridgehead atoms. The van der Waals surface area contributed by atoms with Gasteiger partial charge in [-0.05, 0) is 85.8 Å². The second-order valence-corrected chi connectivity index (χ2v) is 20.8. The highest BCUT2D eigenvalue weighted by Crippen LogP contribution is 2.53. The molecule has 2 N–H and O–H groups in total. The van der Waals surface area contributed by atoms with Crippen molar-refractivity contribution in [2.45, 2.75) is 110 Å². The van der Waals surface area contributed by atoms with Gasteiger partial charge in [0.05, 0.1) is 71.3 Å². The van der Waals surface area contributed by atoms with Crippen LogP contribution >= 0.6 is 0 Å². The van der Waals surface area contributed by atoms with E-state index in [-0.39, 0.29) is 73.9 Å². The van der Waals surface area contributed by atoms with Crippen molar-refractivity contribution in [2.75, 3.05) is 106 Å². The summed E-state index contributed by atoms with van der Waals surface area (Å²) >= 11 is 0. The molecule has 2 saturated heterocycles. The van der Waals surface area contributed by atoms with E-state index >= 15 is 0 Å². The maximum atomic E-state index is 14.6. The maximum absolute atomic E-state index is 14.6. The summed E-state index contributed by atoms with van der Waals surface area (Å²) in [6, 6.07) is 7.53. The maximum Gasteiger partial charge on any atom is 0.409 e. The van der Waals surface area contributed by atoms with Crippen molar-refractivity contribution >= 4 is 29.8 Å². The largest absolute Gasteiger partial charge is 0.469 e. The van der Waals surface area contributed by atoms with Crippen molar-refractivity contribution < 1.29 is 47.7 Å². The lowest BCUT2D eigenvalue weighted by Crippen LogP contribution is -2.65. The van der Waals surface area contributed by atoms with Gasteiger partial charge in [0.15, 0.2) is 0 Å². The van der Waals surface area contributed by atoms with Crippen LogP contribution in [-0.2, 0) is 62.9 Å². The number of nitrogens with zero attached hydrogens (tertiary/aromatic N) is 6. The molecule has 3 unspecified atom stereocenters. The summed E-state index contributed by atoms with van der Waals surface area (Å²) in [6.07, 6.45) is 3.99. The van der Waals surface area contributed by atoms with Gasteiger partial charge in [-0.1, -0.05) is 58.9 Å². The van der Waals surface area contributed by atoms with Crippen molar-refractivity contribution in [3.05, 3.63) is 46.8 Å². The number of nitrogens with one attached hydrogen (secondary N) is 2.